The molecule has 1 amide bonds. The molecule has 2 aromatic rings. The quantitative estimate of drug-likeness (QED) is 0.818. The lowest BCUT2D eigenvalue weighted by molar-refractivity contribution is 0.0730. The maximum atomic E-state index is 12.7. The maximum Gasteiger partial charge on any atom is 0.255 e. The Balaban J connectivity index is 1.75. The van der Waals surface area contributed by atoms with E-state index in [-0.39, 0.29) is 16.4 Å². The molecule has 0 spiro atoms. The highest BCUT2D eigenvalue weighted by molar-refractivity contribution is 7.89. The van der Waals surface area contributed by atoms with Crippen LogP contribution in [0.5, 0.6) is 5.75 Å². The second-order valence-electron chi connectivity index (χ2n) is 5.96. The number of anilines is 1. The number of carbonyl (C=O) groups is 1. The molecule has 0 saturated carbocycles. The molecule has 1 fully saturated rings. The van der Waals surface area contributed by atoms with Crippen LogP contribution in [0.15, 0.2) is 53.4 Å². The third kappa shape index (κ3) is 4.65. The first-order chi connectivity index (χ1) is 13.0. The monoisotopic (exact) mass is 390 g/mol. The van der Waals surface area contributed by atoms with Gasteiger partial charge < -0.3 is 14.8 Å². The maximum absolute atomic E-state index is 12.7. The molecule has 0 radical (unpaired) electrons. The molecule has 1 aliphatic rings. The number of hydrogen-bond donors (Lipinski definition) is 1. The van der Waals surface area contributed by atoms with Gasteiger partial charge in [0.25, 0.3) is 5.91 Å². The number of rotatable bonds is 6. The molecule has 7 nitrogen and oxygen atoms in total. The van der Waals surface area contributed by atoms with Crippen LogP contribution in [0.25, 0.3) is 0 Å². The van der Waals surface area contributed by atoms with E-state index in [0.717, 1.165) is 0 Å². The van der Waals surface area contributed by atoms with Crippen molar-refractivity contribution in [2.45, 2.75) is 11.8 Å². The van der Waals surface area contributed by atoms with Crippen LogP contribution in [-0.2, 0) is 14.8 Å². The Labute approximate surface area is 158 Å². The van der Waals surface area contributed by atoms with Crippen molar-refractivity contribution in [1.82, 2.24) is 4.31 Å². The molecule has 144 valence electrons. The molecular formula is C19H22N2O5S. The number of sulfonamides is 1. The Morgan fingerprint density at radius 1 is 1.15 bits per heavy atom. The number of carbonyl (C=O) groups excluding carboxylic acids is 1. The molecule has 1 heterocycles. The van der Waals surface area contributed by atoms with Crippen LogP contribution in [0, 0.1) is 0 Å². The second-order valence-corrected chi connectivity index (χ2v) is 7.89. The predicted molar refractivity (Wildman–Crippen MR) is 102 cm³/mol. The fourth-order valence-electron chi connectivity index (χ4n) is 2.74. The topological polar surface area (TPSA) is 84.9 Å². The van der Waals surface area contributed by atoms with E-state index < -0.39 is 10.0 Å². The average molecular weight is 390 g/mol. The minimum atomic E-state index is -3.65. The summed E-state index contributed by atoms with van der Waals surface area (Å²) in [5.41, 5.74) is 0.878. The van der Waals surface area contributed by atoms with E-state index in [9.17, 15) is 13.2 Å². The lowest BCUT2D eigenvalue weighted by Crippen LogP contribution is -2.40. The van der Waals surface area contributed by atoms with Gasteiger partial charge in [-0.3, -0.25) is 4.79 Å². The van der Waals surface area contributed by atoms with Crippen LogP contribution < -0.4 is 10.1 Å². The summed E-state index contributed by atoms with van der Waals surface area (Å²) in [6.45, 7) is 3.83. The minimum absolute atomic E-state index is 0.101. The lowest BCUT2D eigenvalue weighted by Gasteiger charge is -2.26. The molecular weight excluding hydrogens is 368 g/mol. The van der Waals surface area contributed by atoms with Gasteiger partial charge in [-0.1, -0.05) is 6.07 Å². The zero-order valence-electron chi connectivity index (χ0n) is 15.1. The summed E-state index contributed by atoms with van der Waals surface area (Å²) in [6.07, 6.45) is 0. The Bertz CT molecular complexity index is 891. The zero-order valence-corrected chi connectivity index (χ0v) is 15.9. The van der Waals surface area contributed by atoms with Gasteiger partial charge in [0.1, 0.15) is 5.75 Å². The number of morpholine rings is 1. The fraction of sp³-hybridized carbons (Fsp3) is 0.316. The number of amides is 1. The summed E-state index contributed by atoms with van der Waals surface area (Å²) >= 11 is 0. The third-order valence-electron chi connectivity index (χ3n) is 4.13. The molecule has 0 unspecified atom stereocenters. The Hall–Kier alpha value is -2.42. The van der Waals surface area contributed by atoms with Gasteiger partial charge in [0, 0.05) is 24.3 Å². The molecule has 1 aliphatic heterocycles. The number of ether oxygens (including phenoxy) is 2. The van der Waals surface area contributed by atoms with Crippen molar-refractivity contribution in [2.75, 3.05) is 38.2 Å². The normalized spacial score (nSPS) is 15.3. The van der Waals surface area contributed by atoms with Gasteiger partial charge in [-0.05, 0) is 49.4 Å². The average Bonchev–Trinajstić information content (AvgIpc) is 2.70. The van der Waals surface area contributed by atoms with Gasteiger partial charge in [-0.25, -0.2) is 8.42 Å². The van der Waals surface area contributed by atoms with E-state index in [0.29, 0.717) is 44.3 Å². The van der Waals surface area contributed by atoms with Crippen molar-refractivity contribution < 1.29 is 22.7 Å². The molecule has 2 aromatic carbocycles. The molecule has 0 bridgehead atoms. The summed E-state index contributed by atoms with van der Waals surface area (Å²) in [4.78, 5) is 12.6. The fourth-order valence-corrected chi connectivity index (χ4v) is 4.19. The molecule has 0 aliphatic carbocycles. The first-order valence-electron chi connectivity index (χ1n) is 8.73. The van der Waals surface area contributed by atoms with Crippen molar-refractivity contribution >= 4 is 21.6 Å². The number of nitrogens with one attached hydrogen (secondary N) is 1. The Morgan fingerprint density at radius 3 is 2.52 bits per heavy atom. The van der Waals surface area contributed by atoms with Crippen LogP contribution in [0.4, 0.5) is 5.69 Å². The Morgan fingerprint density at radius 2 is 1.85 bits per heavy atom. The summed E-state index contributed by atoms with van der Waals surface area (Å²) in [6, 6.07) is 13.0. The van der Waals surface area contributed by atoms with Crippen molar-refractivity contribution in [3.63, 3.8) is 0 Å². The van der Waals surface area contributed by atoms with Gasteiger partial charge in [-0.2, -0.15) is 4.31 Å². The second kappa shape index (κ2) is 8.51. The van der Waals surface area contributed by atoms with Crippen molar-refractivity contribution in [3.05, 3.63) is 54.1 Å². The summed E-state index contributed by atoms with van der Waals surface area (Å²) < 4.78 is 37.4. The van der Waals surface area contributed by atoms with E-state index in [1.54, 1.807) is 36.4 Å². The van der Waals surface area contributed by atoms with E-state index in [4.69, 9.17) is 9.47 Å². The lowest BCUT2D eigenvalue weighted by atomic mass is 10.2. The molecule has 3 rings (SSSR count). The summed E-state index contributed by atoms with van der Waals surface area (Å²) in [5.74, 6) is 0.340. The van der Waals surface area contributed by atoms with Crippen molar-refractivity contribution in [1.29, 1.82) is 0 Å². The number of nitrogens with zero attached hydrogens (tertiary/aromatic N) is 1. The van der Waals surface area contributed by atoms with E-state index in [1.165, 1.54) is 16.4 Å². The highest BCUT2D eigenvalue weighted by Gasteiger charge is 2.26. The first kappa shape index (κ1) is 19.3. The van der Waals surface area contributed by atoms with Crippen LogP contribution >= 0.6 is 0 Å². The standard InChI is InChI=1S/C19H22N2O5S/c1-2-26-17-8-6-16(7-9-17)20-19(22)15-4-3-5-18(14-15)27(23,24)21-10-12-25-13-11-21/h3-9,14H,2,10-13H2,1H3,(H,20,22). The van der Waals surface area contributed by atoms with Gasteiger partial charge in [0.2, 0.25) is 10.0 Å². The van der Waals surface area contributed by atoms with E-state index in [1.807, 2.05) is 6.92 Å². The minimum Gasteiger partial charge on any atom is -0.494 e. The predicted octanol–water partition coefficient (Wildman–Crippen LogP) is 2.36. The van der Waals surface area contributed by atoms with E-state index in [2.05, 4.69) is 5.32 Å². The van der Waals surface area contributed by atoms with Crippen molar-refractivity contribution in [2.24, 2.45) is 0 Å². The first-order valence-corrected chi connectivity index (χ1v) is 10.2. The molecule has 1 N–H and O–H groups in total. The van der Waals surface area contributed by atoms with Crippen LogP contribution in [0.3, 0.4) is 0 Å². The van der Waals surface area contributed by atoms with E-state index >= 15 is 0 Å². The van der Waals surface area contributed by atoms with Crippen molar-refractivity contribution in [3.8, 4) is 5.75 Å². The van der Waals surface area contributed by atoms with Crippen LogP contribution in [0.1, 0.15) is 17.3 Å². The highest BCUT2D eigenvalue weighted by atomic mass is 32.2. The largest absolute Gasteiger partial charge is 0.494 e. The van der Waals surface area contributed by atoms with Gasteiger partial charge >= 0.3 is 0 Å². The molecule has 1 saturated heterocycles. The summed E-state index contributed by atoms with van der Waals surface area (Å²) in [7, 11) is -3.65. The molecule has 0 atom stereocenters. The number of benzene rings is 2. The van der Waals surface area contributed by atoms with Crippen LogP contribution in [0.2, 0.25) is 0 Å². The molecule has 0 aromatic heterocycles. The summed E-state index contributed by atoms with van der Waals surface area (Å²) in [5, 5.41) is 2.76. The highest BCUT2D eigenvalue weighted by Crippen LogP contribution is 2.20. The molecule has 8 heteroatoms. The molecule has 27 heavy (non-hydrogen) atoms. The Kier molecular flexibility index (Phi) is 6.10. The SMILES string of the molecule is CCOc1ccc(NC(=O)c2cccc(S(=O)(=O)N3CCOCC3)c2)cc1. The van der Waals surface area contributed by atoms with Gasteiger partial charge in [0.05, 0.1) is 24.7 Å². The smallest absolute Gasteiger partial charge is 0.255 e. The number of hydrogen-bond acceptors (Lipinski definition) is 5. The third-order valence-corrected chi connectivity index (χ3v) is 6.02. The van der Waals surface area contributed by atoms with Gasteiger partial charge in [0.15, 0.2) is 0 Å². The van der Waals surface area contributed by atoms with Crippen LogP contribution in [-0.4, -0.2) is 51.5 Å². The zero-order chi connectivity index (χ0) is 19.3. The van der Waals surface area contributed by atoms with Gasteiger partial charge in [-0.15, -0.1) is 0 Å².